The van der Waals surface area contributed by atoms with Crippen molar-refractivity contribution >= 4 is 17.5 Å². The first-order chi connectivity index (χ1) is 13.4. The number of amides is 2. The average molecular weight is 414 g/mol. The monoisotopic (exact) mass is 414 g/mol. The third kappa shape index (κ3) is 4.66. The molecule has 0 radical (unpaired) electrons. The minimum Gasteiger partial charge on any atom is -0.406 e. The maximum Gasteiger partial charge on any atom is 0.573 e. The van der Waals surface area contributed by atoms with Crippen molar-refractivity contribution in [3.05, 3.63) is 24.3 Å². The number of anilines is 1. The Morgan fingerprint density at radius 1 is 1.14 bits per heavy atom. The second-order valence-electron chi connectivity index (χ2n) is 8.22. The van der Waals surface area contributed by atoms with E-state index in [4.69, 9.17) is 0 Å². The Balaban J connectivity index is 1.65. The fraction of sp³-hybridized carbons (Fsp3) is 0.600. The van der Waals surface area contributed by atoms with Crippen LogP contribution in [0.3, 0.4) is 0 Å². The lowest BCUT2D eigenvalue weighted by molar-refractivity contribution is -0.274. The third-order valence-corrected chi connectivity index (χ3v) is 6.01. The van der Waals surface area contributed by atoms with Crippen molar-refractivity contribution in [3.63, 3.8) is 0 Å². The smallest absolute Gasteiger partial charge is 0.406 e. The predicted octanol–water partition coefficient (Wildman–Crippen LogP) is 3.09. The zero-order chi connectivity index (χ0) is 21.4. The van der Waals surface area contributed by atoms with Gasteiger partial charge in [0.25, 0.3) is 0 Å². The molecule has 1 saturated heterocycles. The van der Waals surface area contributed by atoms with Gasteiger partial charge in [0.15, 0.2) is 0 Å². The zero-order valence-electron chi connectivity index (χ0n) is 16.5. The molecule has 2 aliphatic rings. The van der Waals surface area contributed by atoms with E-state index < -0.39 is 17.4 Å². The molecule has 1 aromatic rings. The quantitative estimate of drug-likeness (QED) is 0.822. The number of benzene rings is 1. The van der Waals surface area contributed by atoms with Crippen molar-refractivity contribution in [2.75, 3.05) is 25.5 Å². The van der Waals surface area contributed by atoms with E-state index in [-0.39, 0.29) is 24.0 Å². The van der Waals surface area contributed by atoms with Crippen LogP contribution in [0.4, 0.5) is 18.9 Å². The first-order valence-corrected chi connectivity index (χ1v) is 9.53. The number of aliphatic hydroxyl groups is 1. The highest BCUT2D eigenvalue weighted by Crippen LogP contribution is 2.49. The topological polar surface area (TPSA) is 70.1 Å². The van der Waals surface area contributed by atoms with Crippen molar-refractivity contribution in [2.45, 2.75) is 50.5 Å². The fourth-order valence-corrected chi connectivity index (χ4v) is 4.17. The van der Waals surface area contributed by atoms with Gasteiger partial charge in [0.05, 0.1) is 17.4 Å². The molecule has 1 aromatic carbocycles. The first-order valence-electron chi connectivity index (χ1n) is 9.53. The molecule has 0 bridgehead atoms. The van der Waals surface area contributed by atoms with Crippen molar-refractivity contribution < 1.29 is 32.6 Å². The van der Waals surface area contributed by atoms with Gasteiger partial charge in [0, 0.05) is 26.3 Å². The summed E-state index contributed by atoms with van der Waals surface area (Å²) >= 11 is 0. The van der Waals surface area contributed by atoms with Crippen LogP contribution in [0, 0.1) is 5.41 Å². The van der Waals surface area contributed by atoms with Crippen LogP contribution in [0.25, 0.3) is 0 Å². The van der Waals surface area contributed by atoms with Crippen LogP contribution < -0.4 is 9.64 Å². The van der Waals surface area contributed by atoms with Crippen molar-refractivity contribution in [1.29, 1.82) is 0 Å². The van der Waals surface area contributed by atoms with Gasteiger partial charge in [-0.25, -0.2) is 0 Å². The summed E-state index contributed by atoms with van der Waals surface area (Å²) in [5.41, 5.74) is -1.17. The Kier molecular flexibility index (Phi) is 5.55. The highest BCUT2D eigenvalue weighted by molar-refractivity contribution is 6.00. The number of hydrogen-bond acceptors (Lipinski definition) is 4. The Bertz CT molecular complexity index is 769. The molecule has 29 heavy (non-hydrogen) atoms. The Morgan fingerprint density at radius 3 is 2.24 bits per heavy atom. The molecule has 1 aliphatic heterocycles. The summed E-state index contributed by atoms with van der Waals surface area (Å²) in [4.78, 5) is 28.1. The minimum atomic E-state index is -4.76. The molecule has 160 valence electrons. The normalized spacial score (nSPS) is 27.4. The molecule has 0 unspecified atom stereocenters. The van der Waals surface area contributed by atoms with Crippen molar-refractivity contribution in [2.24, 2.45) is 5.41 Å². The first kappa shape index (κ1) is 21.4. The lowest BCUT2D eigenvalue weighted by atomic mass is 9.67. The van der Waals surface area contributed by atoms with Gasteiger partial charge in [-0.2, -0.15) is 0 Å². The molecule has 2 amide bonds. The minimum absolute atomic E-state index is 0.0364. The lowest BCUT2D eigenvalue weighted by Crippen LogP contribution is -2.45. The zero-order valence-corrected chi connectivity index (χ0v) is 16.5. The van der Waals surface area contributed by atoms with Gasteiger partial charge in [-0.05, 0) is 56.4 Å². The summed E-state index contributed by atoms with van der Waals surface area (Å²) in [7, 11) is 3.28. The van der Waals surface area contributed by atoms with E-state index in [9.17, 15) is 27.9 Å². The van der Waals surface area contributed by atoms with Gasteiger partial charge < -0.3 is 19.6 Å². The van der Waals surface area contributed by atoms with E-state index >= 15 is 0 Å². The van der Waals surface area contributed by atoms with Crippen LogP contribution in [0.1, 0.15) is 38.5 Å². The van der Waals surface area contributed by atoms with E-state index in [0.717, 1.165) is 0 Å². The van der Waals surface area contributed by atoms with Gasteiger partial charge in [-0.3, -0.25) is 9.59 Å². The van der Waals surface area contributed by atoms with Crippen molar-refractivity contribution in [3.8, 4) is 5.75 Å². The van der Waals surface area contributed by atoms with Crippen LogP contribution >= 0.6 is 0 Å². The molecule has 9 heteroatoms. The molecule has 6 nitrogen and oxygen atoms in total. The lowest BCUT2D eigenvalue weighted by Gasteiger charge is -2.41. The van der Waals surface area contributed by atoms with E-state index in [1.807, 2.05) is 0 Å². The fourth-order valence-electron chi connectivity index (χ4n) is 4.17. The Hall–Kier alpha value is -2.29. The SMILES string of the molecule is CN(C)C(=O)C[C@]1(O)CC[C@]2(CCN(c3ccc(OC(F)(F)F)cc3)C2=O)CC1. The van der Waals surface area contributed by atoms with Gasteiger partial charge in [0.1, 0.15) is 5.75 Å². The molecule has 0 atom stereocenters. The van der Waals surface area contributed by atoms with E-state index in [1.165, 1.54) is 29.2 Å². The number of rotatable bonds is 4. The van der Waals surface area contributed by atoms with Crippen LogP contribution in [0.2, 0.25) is 0 Å². The Morgan fingerprint density at radius 2 is 1.72 bits per heavy atom. The van der Waals surface area contributed by atoms with Crippen LogP contribution in [-0.2, 0) is 9.59 Å². The number of carbonyl (C=O) groups is 2. The van der Waals surface area contributed by atoms with E-state index in [2.05, 4.69) is 4.74 Å². The molecular weight excluding hydrogens is 389 g/mol. The highest BCUT2D eigenvalue weighted by atomic mass is 19.4. The summed E-state index contributed by atoms with van der Waals surface area (Å²) in [6, 6.07) is 5.25. The molecule has 1 heterocycles. The van der Waals surface area contributed by atoms with E-state index in [0.29, 0.717) is 44.3 Å². The molecule has 1 N–H and O–H groups in total. The number of halogens is 3. The third-order valence-electron chi connectivity index (χ3n) is 6.01. The van der Waals surface area contributed by atoms with Gasteiger partial charge in [-0.1, -0.05) is 0 Å². The molecule has 2 fully saturated rings. The maximum absolute atomic E-state index is 13.1. The average Bonchev–Trinajstić information content (AvgIpc) is 2.94. The number of hydrogen-bond donors (Lipinski definition) is 1. The van der Waals surface area contributed by atoms with Crippen LogP contribution in [-0.4, -0.2) is 54.4 Å². The number of nitrogens with zero attached hydrogens (tertiary/aromatic N) is 2. The standard InChI is InChI=1S/C20H25F3N2O4/c1-24(2)16(26)13-19(28)9-7-18(8-10-19)11-12-25(17(18)27)14-3-5-15(6-4-14)29-20(21,22)23/h3-6,28H,7-13H2,1-2H3/t18-,19+. The second kappa shape index (κ2) is 7.51. The maximum atomic E-state index is 13.1. The molecule has 0 aromatic heterocycles. The second-order valence-corrected chi connectivity index (χ2v) is 8.22. The highest BCUT2D eigenvalue weighted by Gasteiger charge is 2.52. The van der Waals surface area contributed by atoms with E-state index in [1.54, 1.807) is 19.0 Å². The molecule has 1 spiro atoms. The number of carbonyl (C=O) groups excluding carboxylic acids is 2. The van der Waals surface area contributed by atoms with Crippen LogP contribution in [0.15, 0.2) is 24.3 Å². The summed E-state index contributed by atoms with van der Waals surface area (Å²) in [6.07, 6.45) is -2.42. The predicted molar refractivity (Wildman–Crippen MR) is 99.3 cm³/mol. The molecule has 3 rings (SSSR count). The summed E-state index contributed by atoms with van der Waals surface area (Å²) in [5.74, 6) is -0.567. The summed E-state index contributed by atoms with van der Waals surface area (Å²) in [5, 5.41) is 10.7. The molecule has 1 saturated carbocycles. The summed E-state index contributed by atoms with van der Waals surface area (Å²) in [6.45, 7) is 0.466. The van der Waals surface area contributed by atoms with Crippen LogP contribution in [0.5, 0.6) is 5.75 Å². The van der Waals surface area contributed by atoms with Gasteiger partial charge in [0.2, 0.25) is 11.8 Å². The largest absolute Gasteiger partial charge is 0.573 e. The molecule has 1 aliphatic carbocycles. The number of ether oxygens (including phenoxy) is 1. The van der Waals surface area contributed by atoms with Gasteiger partial charge >= 0.3 is 6.36 Å². The summed E-state index contributed by atoms with van der Waals surface area (Å²) < 4.78 is 40.8. The van der Waals surface area contributed by atoms with Gasteiger partial charge in [-0.15, -0.1) is 13.2 Å². The molecular formula is C20H25F3N2O4. The number of alkyl halides is 3. The Labute approximate surface area is 167 Å². The van der Waals surface area contributed by atoms with Crippen molar-refractivity contribution in [1.82, 2.24) is 4.90 Å².